The molecule has 0 heterocycles. The lowest BCUT2D eigenvalue weighted by molar-refractivity contribution is 0.282. The highest BCUT2D eigenvalue weighted by Crippen LogP contribution is 2.16. The minimum atomic E-state index is 0.216. The second-order valence-electron chi connectivity index (χ2n) is 4.52. The van der Waals surface area contributed by atoms with E-state index in [9.17, 15) is 0 Å². The van der Waals surface area contributed by atoms with Crippen LogP contribution in [0.3, 0.4) is 0 Å². The maximum absolute atomic E-state index is 8.72. The van der Waals surface area contributed by atoms with Crippen molar-refractivity contribution in [3.63, 3.8) is 0 Å². The van der Waals surface area contributed by atoms with Crippen LogP contribution in [0.5, 0.6) is 0 Å². The smallest absolute Gasteiger partial charge is 0.0444 e. The lowest BCUT2D eigenvalue weighted by Crippen LogP contribution is -2.29. The molecular formula is C14H24N2O. The Balaban J connectivity index is 2.56. The molecule has 17 heavy (non-hydrogen) atoms. The summed E-state index contributed by atoms with van der Waals surface area (Å²) in [6, 6.07) is 6.70. The highest BCUT2D eigenvalue weighted by atomic mass is 16.2. The third-order valence-electron chi connectivity index (χ3n) is 3.14. The molecule has 1 atom stereocenters. The Morgan fingerprint density at radius 3 is 2.59 bits per heavy atom. The average Bonchev–Trinajstić information content (AvgIpc) is 2.33. The fourth-order valence-corrected chi connectivity index (χ4v) is 1.83. The number of rotatable bonds is 7. The van der Waals surface area contributed by atoms with Gasteiger partial charge in [0.1, 0.15) is 0 Å². The van der Waals surface area contributed by atoms with Crippen molar-refractivity contribution in [3.8, 4) is 0 Å². The maximum atomic E-state index is 8.72. The summed E-state index contributed by atoms with van der Waals surface area (Å²) < 4.78 is 0. The molecule has 0 aliphatic carbocycles. The zero-order valence-corrected chi connectivity index (χ0v) is 10.9. The van der Waals surface area contributed by atoms with E-state index in [0.29, 0.717) is 6.54 Å². The summed E-state index contributed by atoms with van der Waals surface area (Å²) in [7, 11) is 0. The van der Waals surface area contributed by atoms with Crippen LogP contribution in [0, 0.1) is 13.8 Å². The zero-order valence-electron chi connectivity index (χ0n) is 10.9. The maximum Gasteiger partial charge on any atom is 0.0444 e. The monoisotopic (exact) mass is 236 g/mol. The number of hydrogen-bond donors (Lipinski definition) is 3. The number of nitrogens with two attached hydrogens (primary N) is 1. The highest BCUT2D eigenvalue weighted by Gasteiger charge is 2.09. The van der Waals surface area contributed by atoms with E-state index in [1.165, 1.54) is 16.7 Å². The van der Waals surface area contributed by atoms with Gasteiger partial charge in [0.05, 0.1) is 0 Å². The Hall–Kier alpha value is -0.900. The minimum Gasteiger partial charge on any atom is -0.396 e. The summed E-state index contributed by atoms with van der Waals surface area (Å²) in [5, 5.41) is 12.2. The van der Waals surface area contributed by atoms with Crippen molar-refractivity contribution < 1.29 is 5.11 Å². The highest BCUT2D eigenvalue weighted by molar-refractivity contribution is 5.31. The summed E-state index contributed by atoms with van der Waals surface area (Å²) in [6.07, 6.45) is 1.83. The van der Waals surface area contributed by atoms with E-state index in [0.717, 1.165) is 19.4 Å². The Morgan fingerprint density at radius 1 is 1.24 bits per heavy atom. The van der Waals surface area contributed by atoms with Gasteiger partial charge in [0.25, 0.3) is 0 Å². The molecule has 0 aliphatic heterocycles. The molecule has 4 N–H and O–H groups in total. The molecule has 0 aliphatic rings. The number of aryl methyl sites for hydroxylation is 2. The molecule has 96 valence electrons. The normalized spacial score (nSPS) is 12.7. The Labute approximate surface area is 104 Å². The third kappa shape index (κ3) is 4.46. The Bertz CT molecular complexity index is 339. The van der Waals surface area contributed by atoms with Crippen molar-refractivity contribution in [1.29, 1.82) is 0 Å². The van der Waals surface area contributed by atoms with Crippen LogP contribution in [0.4, 0.5) is 0 Å². The summed E-state index contributed by atoms with van der Waals surface area (Å²) in [5.41, 5.74) is 9.66. The first kappa shape index (κ1) is 14.2. The lowest BCUT2D eigenvalue weighted by atomic mass is 10.0. The van der Waals surface area contributed by atoms with Gasteiger partial charge in [-0.1, -0.05) is 18.2 Å². The summed E-state index contributed by atoms with van der Waals surface area (Å²) in [5.74, 6) is 0. The van der Waals surface area contributed by atoms with Gasteiger partial charge in [0.2, 0.25) is 0 Å². The predicted molar refractivity (Wildman–Crippen MR) is 72.0 cm³/mol. The second-order valence-corrected chi connectivity index (χ2v) is 4.52. The first-order valence-electron chi connectivity index (χ1n) is 6.30. The van der Waals surface area contributed by atoms with Crippen molar-refractivity contribution in [2.45, 2.75) is 32.7 Å². The van der Waals surface area contributed by atoms with Crippen molar-refractivity contribution >= 4 is 0 Å². The van der Waals surface area contributed by atoms with Crippen LogP contribution in [0.15, 0.2) is 18.2 Å². The SMILES string of the molecule is Cc1ccc(C(CN)NCCCCO)cc1C. The van der Waals surface area contributed by atoms with Crippen LogP contribution in [0.2, 0.25) is 0 Å². The van der Waals surface area contributed by atoms with E-state index in [2.05, 4.69) is 37.4 Å². The molecule has 0 bridgehead atoms. The molecule has 0 amide bonds. The number of aliphatic hydroxyl groups excluding tert-OH is 1. The molecule has 0 spiro atoms. The topological polar surface area (TPSA) is 58.3 Å². The largest absolute Gasteiger partial charge is 0.396 e. The van der Waals surface area contributed by atoms with Crippen LogP contribution in [-0.2, 0) is 0 Å². The molecule has 3 nitrogen and oxygen atoms in total. The van der Waals surface area contributed by atoms with Crippen LogP contribution in [0.25, 0.3) is 0 Å². The molecule has 0 saturated carbocycles. The standard InChI is InChI=1S/C14H24N2O/c1-11-5-6-13(9-12(11)2)14(10-15)16-7-3-4-8-17/h5-6,9,14,16-17H,3-4,7-8,10,15H2,1-2H3. The molecular weight excluding hydrogens is 212 g/mol. The van der Waals surface area contributed by atoms with Crippen molar-refractivity contribution in [3.05, 3.63) is 34.9 Å². The van der Waals surface area contributed by atoms with Crippen LogP contribution < -0.4 is 11.1 Å². The van der Waals surface area contributed by atoms with Gasteiger partial charge in [-0.05, 0) is 49.9 Å². The molecule has 0 aromatic heterocycles. The lowest BCUT2D eigenvalue weighted by Gasteiger charge is -2.18. The fraction of sp³-hybridized carbons (Fsp3) is 0.571. The van der Waals surface area contributed by atoms with E-state index < -0.39 is 0 Å². The first-order valence-corrected chi connectivity index (χ1v) is 6.30. The van der Waals surface area contributed by atoms with Crippen LogP contribution in [0.1, 0.15) is 35.6 Å². The number of hydrogen-bond acceptors (Lipinski definition) is 3. The molecule has 0 saturated heterocycles. The quantitative estimate of drug-likeness (QED) is 0.631. The molecule has 3 heteroatoms. The molecule has 0 fully saturated rings. The van der Waals surface area contributed by atoms with Crippen molar-refractivity contribution in [2.75, 3.05) is 19.7 Å². The number of aliphatic hydroxyl groups is 1. The van der Waals surface area contributed by atoms with Crippen LogP contribution in [-0.4, -0.2) is 24.8 Å². The van der Waals surface area contributed by atoms with Crippen molar-refractivity contribution in [1.82, 2.24) is 5.32 Å². The second kappa shape index (κ2) is 7.43. The van der Waals surface area contributed by atoms with Gasteiger partial charge in [-0.15, -0.1) is 0 Å². The third-order valence-corrected chi connectivity index (χ3v) is 3.14. The van der Waals surface area contributed by atoms with E-state index in [1.807, 2.05) is 0 Å². The van der Waals surface area contributed by atoms with Gasteiger partial charge in [-0.2, -0.15) is 0 Å². The first-order chi connectivity index (χ1) is 8.19. The van der Waals surface area contributed by atoms with E-state index in [4.69, 9.17) is 10.8 Å². The molecule has 0 radical (unpaired) electrons. The summed E-state index contributed by atoms with van der Waals surface area (Å²) >= 11 is 0. The summed E-state index contributed by atoms with van der Waals surface area (Å²) in [6.45, 7) is 6.00. The summed E-state index contributed by atoms with van der Waals surface area (Å²) in [4.78, 5) is 0. The number of nitrogens with one attached hydrogen (secondary N) is 1. The van der Waals surface area contributed by atoms with E-state index in [-0.39, 0.29) is 12.6 Å². The molecule has 1 aromatic carbocycles. The Morgan fingerprint density at radius 2 is 2.00 bits per heavy atom. The van der Waals surface area contributed by atoms with Gasteiger partial charge in [-0.3, -0.25) is 0 Å². The van der Waals surface area contributed by atoms with Gasteiger partial charge in [-0.25, -0.2) is 0 Å². The van der Waals surface area contributed by atoms with Gasteiger partial charge in [0, 0.05) is 19.2 Å². The van der Waals surface area contributed by atoms with E-state index >= 15 is 0 Å². The average molecular weight is 236 g/mol. The van der Waals surface area contributed by atoms with Gasteiger partial charge < -0.3 is 16.2 Å². The van der Waals surface area contributed by atoms with Gasteiger partial charge in [0.15, 0.2) is 0 Å². The molecule has 1 aromatic rings. The fourth-order valence-electron chi connectivity index (χ4n) is 1.83. The van der Waals surface area contributed by atoms with E-state index in [1.54, 1.807) is 0 Å². The van der Waals surface area contributed by atoms with Crippen LogP contribution >= 0.6 is 0 Å². The number of benzene rings is 1. The molecule has 1 unspecified atom stereocenters. The van der Waals surface area contributed by atoms with Crippen molar-refractivity contribution in [2.24, 2.45) is 5.73 Å². The Kier molecular flexibility index (Phi) is 6.19. The zero-order chi connectivity index (χ0) is 12.7. The minimum absolute atomic E-state index is 0.216. The molecule has 1 rings (SSSR count). The number of unbranched alkanes of at least 4 members (excludes halogenated alkanes) is 1. The predicted octanol–water partition coefficient (Wildman–Crippen LogP) is 1.67. The van der Waals surface area contributed by atoms with Gasteiger partial charge >= 0.3 is 0 Å².